The Morgan fingerprint density at radius 3 is 2.19 bits per heavy atom. The Kier molecular flexibility index (Phi) is 7.10. The number of urea groups is 1. The monoisotopic (exact) mass is 434 g/mol. The molecule has 0 radical (unpaired) electrons. The Balaban J connectivity index is 1.76. The maximum atomic E-state index is 13.2. The van der Waals surface area contributed by atoms with Crippen LogP contribution < -0.4 is 20.9 Å². The van der Waals surface area contributed by atoms with Crippen LogP contribution in [0.25, 0.3) is 0 Å². The number of aryl methyl sites for hydroxylation is 1. The average molecular weight is 435 g/mol. The molecule has 0 aliphatic rings. The van der Waals surface area contributed by atoms with Crippen LogP contribution in [0.5, 0.6) is 0 Å². The highest BCUT2D eigenvalue weighted by atomic mass is 19.1. The molecule has 7 heteroatoms. The van der Waals surface area contributed by atoms with Gasteiger partial charge in [0.15, 0.2) is 0 Å². The summed E-state index contributed by atoms with van der Waals surface area (Å²) in [5.41, 5.74) is 4.11. The molecule has 3 rings (SSSR count). The summed E-state index contributed by atoms with van der Waals surface area (Å²) in [6.45, 7) is 3.78. The molecule has 0 bridgehead atoms. The van der Waals surface area contributed by atoms with Gasteiger partial charge in [-0.25, -0.2) is 9.18 Å². The second-order valence-electron chi connectivity index (χ2n) is 7.82. The van der Waals surface area contributed by atoms with Crippen molar-refractivity contribution in [3.8, 4) is 0 Å². The highest BCUT2D eigenvalue weighted by molar-refractivity contribution is 6.04. The first-order valence-corrected chi connectivity index (χ1v) is 10.3. The van der Waals surface area contributed by atoms with Crippen molar-refractivity contribution < 1.29 is 14.0 Å². The summed E-state index contributed by atoms with van der Waals surface area (Å²) in [5, 5.41) is 8.49. The minimum Gasteiger partial charge on any atom is -0.377 e. The van der Waals surface area contributed by atoms with Crippen molar-refractivity contribution in [3.63, 3.8) is 0 Å². The summed E-state index contributed by atoms with van der Waals surface area (Å²) in [6, 6.07) is 17.9. The van der Waals surface area contributed by atoms with Gasteiger partial charge in [-0.1, -0.05) is 24.3 Å². The molecule has 0 saturated heterocycles. The number of amides is 3. The second kappa shape index (κ2) is 9.96. The van der Waals surface area contributed by atoms with Crippen LogP contribution in [-0.4, -0.2) is 26.0 Å². The quantitative estimate of drug-likeness (QED) is 0.491. The van der Waals surface area contributed by atoms with Gasteiger partial charge in [-0.2, -0.15) is 0 Å². The Labute approximate surface area is 187 Å². The molecule has 0 saturated carbocycles. The maximum absolute atomic E-state index is 13.2. The number of carbonyl (C=O) groups excluding carboxylic acids is 2. The van der Waals surface area contributed by atoms with Crippen LogP contribution in [-0.2, 0) is 0 Å². The van der Waals surface area contributed by atoms with Crippen LogP contribution in [0, 0.1) is 12.7 Å². The van der Waals surface area contributed by atoms with E-state index in [1.54, 1.807) is 36.4 Å². The number of hydrogen-bond donors (Lipinski definition) is 3. The SMILES string of the molecule is Cc1cccc(NC(=O)Nc2ccc(N(C)C)c(C(=O)NC(C)c3ccc(F)cc3)c2)c1. The number of nitrogens with one attached hydrogen (secondary N) is 3. The fourth-order valence-corrected chi connectivity index (χ4v) is 3.31. The van der Waals surface area contributed by atoms with Crippen LogP contribution in [0.3, 0.4) is 0 Å². The maximum Gasteiger partial charge on any atom is 0.323 e. The van der Waals surface area contributed by atoms with Crippen molar-refractivity contribution in [2.24, 2.45) is 0 Å². The lowest BCUT2D eigenvalue weighted by Gasteiger charge is -2.20. The topological polar surface area (TPSA) is 73.5 Å². The van der Waals surface area contributed by atoms with Crippen LogP contribution in [0.1, 0.15) is 34.5 Å². The van der Waals surface area contributed by atoms with E-state index in [4.69, 9.17) is 0 Å². The normalized spacial score (nSPS) is 11.4. The molecule has 1 atom stereocenters. The van der Waals surface area contributed by atoms with Crippen molar-refractivity contribution >= 4 is 29.0 Å². The average Bonchev–Trinajstić information content (AvgIpc) is 2.73. The van der Waals surface area contributed by atoms with Gasteiger partial charge in [-0.15, -0.1) is 0 Å². The van der Waals surface area contributed by atoms with Gasteiger partial charge in [0.1, 0.15) is 5.82 Å². The van der Waals surface area contributed by atoms with E-state index in [1.807, 2.05) is 51.0 Å². The molecule has 0 aromatic heterocycles. The summed E-state index contributed by atoms with van der Waals surface area (Å²) >= 11 is 0. The Hall–Kier alpha value is -3.87. The first-order chi connectivity index (χ1) is 15.2. The zero-order valence-electron chi connectivity index (χ0n) is 18.6. The number of hydrogen-bond acceptors (Lipinski definition) is 3. The third kappa shape index (κ3) is 5.85. The number of rotatable bonds is 6. The fourth-order valence-electron chi connectivity index (χ4n) is 3.31. The summed E-state index contributed by atoms with van der Waals surface area (Å²) < 4.78 is 13.2. The summed E-state index contributed by atoms with van der Waals surface area (Å²) in [4.78, 5) is 27.3. The van der Waals surface area contributed by atoms with Gasteiger partial charge in [0.25, 0.3) is 5.91 Å². The van der Waals surface area contributed by atoms with E-state index in [1.165, 1.54) is 12.1 Å². The standard InChI is InChI=1S/C25H27FN4O2/c1-16-6-5-7-20(14-16)28-25(32)29-21-12-13-23(30(3)4)22(15-21)24(31)27-17(2)18-8-10-19(26)11-9-18/h5-15,17H,1-4H3,(H,27,31)(H2,28,29,32). The molecule has 6 nitrogen and oxygen atoms in total. The molecule has 1 unspecified atom stereocenters. The molecule has 0 spiro atoms. The molecule has 0 fully saturated rings. The number of anilines is 3. The van der Waals surface area contributed by atoms with Crippen molar-refractivity contribution in [2.75, 3.05) is 29.6 Å². The Morgan fingerprint density at radius 1 is 0.906 bits per heavy atom. The molecule has 0 aliphatic carbocycles. The van der Waals surface area contributed by atoms with E-state index in [-0.39, 0.29) is 17.8 Å². The second-order valence-corrected chi connectivity index (χ2v) is 7.82. The van der Waals surface area contributed by atoms with Gasteiger partial charge in [0.2, 0.25) is 0 Å². The number of carbonyl (C=O) groups is 2. The molecule has 3 amide bonds. The highest BCUT2D eigenvalue weighted by Crippen LogP contribution is 2.24. The Bertz CT molecular complexity index is 1110. The van der Waals surface area contributed by atoms with Crippen molar-refractivity contribution in [2.45, 2.75) is 19.9 Å². The molecule has 32 heavy (non-hydrogen) atoms. The molecule has 3 aromatic carbocycles. The van der Waals surface area contributed by atoms with E-state index in [9.17, 15) is 14.0 Å². The molecule has 3 N–H and O–H groups in total. The van der Waals surface area contributed by atoms with Crippen LogP contribution >= 0.6 is 0 Å². The van der Waals surface area contributed by atoms with Crippen LogP contribution in [0.15, 0.2) is 66.7 Å². The van der Waals surface area contributed by atoms with Gasteiger partial charge < -0.3 is 20.9 Å². The van der Waals surface area contributed by atoms with Gasteiger partial charge in [-0.05, 0) is 67.4 Å². The molecule has 0 aliphatic heterocycles. The lowest BCUT2D eigenvalue weighted by Crippen LogP contribution is -2.28. The third-order valence-electron chi connectivity index (χ3n) is 4.97. The first kappa shape index (κ1) is 22.8. The van der Waals surface area contributed by atoms with Gasteiger partial charge in [0.05, 0.1) is 11.6 Å². The van der Waals surface area contributed by atoms with E-state index < -0.39 is 6.03 Å². The number of benzene rings is 3. The lowest BCUT2D eigenvalue weighted by molar-refractivity contribution is 0.0940. The molecular formula is C25H27FN4O2. The predicted molar refractivity (Wildman–Crippen MR) is 127 cm³/mol. The van der Waals surface area contributed by atoms with Gasteiger partial charge in [0, 0.05) is 31.2 Å². The number of halogens is 1. The van der Waals surface area contributed by atoms with E-state index in [0.29, 0.717) is 22.6 Å². The van der Waals surface area contributed by atoms with E-state index >= 15 is 0 Å². The van der Waals surface area contributed by atoms with E-state index in [0.717, 1.165) is 11.1 Å². The minimum atomic E-state index is -0.403. The predicted octanol–water partition coefficient (Wildman–Crippen LogP) is 5.34. The smallest absolute Gasteiger partial charge is 0.323 e. The largest absolute Gasteiger partial charge is 0.377 e. The minimum absolute atomic E-state index is 0.298. The van der Waals surface area contributed by atoms with Crippen LogP contribution in [0.2, 0.25) is 0 Å². The lowest BCUT2D eigenvalue weighted by atomic mass is 10.1. The highest BCUT2D eigenvalue weighted by Gasteiger charge is 2.17. The van der Waals surface area contributed by atoms with Gasteiger partial charge in [-0.3, -0.25) is 4.79 Å². The zero-order chi connectivity index (χ0) is 23.3. The fraction of sp³-hybridized carbons (Fsp3) is 0.200. The van der Waals surface area contributed by atoms with Gasteiger partial charge >= 0.3 is 6.03 Å². The summed E-state index contributed by atoms with van der Waals surface area (Å²) in [6.07, 6.45) is 0. The van der Waals surface area contributed by atoms with Crippen LogP contribution in [0.4, 0.5) is 26.2 Å². The molecular weight excluding hydrogens is 407 g/mol. The molecule has 3 aromatic rings. The zero-order valence-corrected chi connectivity index (χ0v) is 18.6. The molecule has 166 valence electrons. The Morgan fingerprint density at radius 2 is 1.56 bits per heavy atom. The van der Waals surface area contributed by atoms with E-state index in [2.05, 4.69) is 16.0 Å². The van der Waals surface area contributed by atoms with Crippen molar-refractivity contribution in [1.82, 2.24) is 5.32 Å². The van der Waals surface area contributed by atoms with Crippen molar-refractivity contribution in [3.05, 3.63) is 89.2 Å². The number of nitrogens with zero attached hydrogens (tertiary/aromatic N) is 1. The third-order valence-corrected chi connectivity index (χ3v) is 4.97. The first-order valence-electron chi connectivity index (χ1n) is 10.3. The van der Waals surface area contributed by atoms with Crippen molar-refractivity contribution in [1.29, 1.82) is 0 Å². The molecule has 0 heterocycles. The summed E-state index contributed by atoms with van der Waals surface area (Å²) in [7, 11) is 3.68. The summed E-state index contributed by atoms with van der Waals surface area (Å²) in [5.74, 6) is -0.627.